The summed E-state index contributed by atoms with van der Waals surface area (Å²) in [4.78, 5) is 0.103. The average molecular weight is 369 g/mol. The molecular weight excluding hydrogens is 357 g/mol. The highest BCUT2D eigenvalue weighted by Crippen LogP contribution is 2.33. The van der Waals surface area contributed by atoms with Crippen LogP contribution in [0.25, 0.3) is 10.9 Å². The minimum Gasteiger partial charge on any atom is -0.495 e. The monoisotopic (exact) mass is 368 g/mol. The fraction of sp³-hybridized carbons (Fsp3) is 0.125. The summed E-state index contributed by atoms with van der Waals surface area (Å²) in [5.74, 6) is 0.465. The number of nitrogens with zero attached hydrogens (tertiary/aromatic N) is 1. The lowest BCUT2D eigenvalue weighted by molar-refractivity contribution is 0.415. The van der Waals surface area contributed by atoms with E-state index in [4.69, 9.17) is 27.9 Å². The molecule has 23 heavy (non-hydrogen) atoms. The highest BCUT2D eigenvalue weighted by molar-refractivity contribution is 7.90. The number of hydrogen-bond acceptors (Lipinski definition) is 3. The Bertz CT molecular complexity index is 1010. The Morgan fingerprint density at radius 1 is 1.17 bits per heavy atom. The van der Waals surface area contributed by atoms with E-state index in [0.29, 0.717) is 32.4 Å². The molecule has 1 radical (unpaired) electrons. The van der Waals surface area contributed by atoms with E-state index in [0.717, 1.165) is 0 Å². The van der Waals surface area contributed by atoms with Gasteiger partial charge in [0.25, 0.3) is 10.0 Å². The van der Waals surface area contributed by atoms with Crippen molar-refractivity contribution in [3.8, 4) is 5.75 Å². The number of fused-ring (bicyclic) bond motifs is 1. The summed E-state index contributed by atoms with van der Waals surface area (Å²) in [6, 6.07) is 12.4. The maximum absolute atomic E-state index is 13.0. The van der Waals surface area contributed by atoms with Crippen molar-refractivity contribution < 1.29 is 13.2 Å². The summed E-state index contributed by atoms with van der Waals surface area (Å²) in [6.45, 7) is 1.67. The van der Waals surface area contributed by atoms with E-state index in [9.17, 15) is 8.42 Å². The predicted octanol–water partition coefficient (Wildman–Crippen LogP) is 4.30. The van der Waals surface area contributed by atoms with Crippen LogP contribution in [0.3, 0.4) is 0 Å². The van der Waals surface area contributed by atoms with Gasteiger partial charge < -0.3 is 4.74 Å². The quantitative estimate of drug-likeness (QED) is 0.692. The van der Waals surface area contributed by atoms with Crippen molar-refractivity contribution >= 4 is 44.1 Å². The van der Waals surface area contributed by atoms with Gasteiger partial charge in [-0.15, -0.1) is 0 Å². The summed E-state index contributed by atoms with van der Waals surface area (Å²) in [6.07, 6.45) is 0. The first-order valence-electron chi connectivity index (χ1n) is 6.63. The molecule has 1 heterocycles. The third kappa shape index (κ3) is 2.69. The van der Waals surface area contributed by atoms with Gasteiger partial charge in [-0.3, -0.25) is 0 Å². The molecule has 3 aromatic rings. The lowest BCUT2D eigenvalue weighted by Crippen LogP contribution is -2.14. The zero-order valence-electron chi connectivity index (χ0n) is 12.3. The Balaban J connectivity index is 2.31. The second-order valence-electron chi connectivity index (χ2n) is 4.94. The molecule has 0 aliphatic heterocycles. The smallest absolute Gasteiger partial charge is 0.268 e. The summed E-state index contributed by atoms with van der Waals surface area (Å²) in [7, 11) is -2.31. The minimum absolute atomic E-state index is 0.103. The second-order valence-corrected chi connectivity index (χ2v) is 7.57. The lowest BCUT2D eigenvalue weighted by atomic mass is 10.2. The van der Waals surface area contributed by atoms with Crippen LogP contribution < -0.4 is 4.74 Å². The number of rotatable bonds is 3. The Kier molecular flexibility index (Phi) is 4.04. The van der Waals surface area contributed by atoms with E-state index in [2.05, 4.69) is 6.07 Å². The number of ether oxygens (including phenoxy) is 1. The van der Waals surface area contributed by atoms with Crippen molar-refractivity contribution in [2.24, 2.45) is 0 Å². The molecule has 7 heteroatoms. The topological polar surface area (TPSA) is 48.3 Å². The largest absolute Gasteiger partial charge is 0.495 e. The van der Waals surface area contributed by atoms with Crippen LogP contribution in [-0.2, 0) is 10.0 Å². The molecule has 4 nitrogen and oxygen atoms in total. The van der Waals surface area contributed by atoms with Crippen molar-refractivity contribution in [2.75, 3.05) is 7.11 Å². The first kappa shape index (κ1) is 16.2. The molecule has 0 N–H and O–H groups in total. The van der Waals surface area contributed by atoms with E-state index in [1.165, 1.54) is 23.2 Å². The van der Waals surface area contributed by atoms with Crippen molar-refractivity contribution in [1.29, 1.82) is 0 Å². The molecule has 119 valence electrons. The maximum Gasteiger partial charge on any atom is 0.268 e. The minimum atomic E-state index is -3.81. The van der Waals surface area contributed by atoms with Gasteiger partial charge in [-0.1, -0.05) is 29.3 Å². The molecule has 3 rings (SSSR count). The number of aromatic nitrogens is 1. The van der Waals surface area contributed by atoms with Crippen molar-refractivity contribution in [2.45, 2.75) is 11.8 Å². The van der Waals surface area contributed by atoms with Crippen LogP contribution >= 0.6 is 23.2 Å². The summed E-state index contributed by atoms with van der Waals surface area (Å²) in [5.41, 5.74) is 0.887. The van der Waals surface area contributed by atoms with E-state index in [1.807, 2.05) is 0 Å². The highest BCUT2D eigenvalue weighted by atomic mass is 35.5. The lowest BCUT2D eigenvalue weighted by Gasteiger charge is -2.11. The van der Waals surface area contributed by atoms with Gasteiger partial charge in [0.1, 0.15) is 5.75 Å². The molecular formula is C16H12Cl2NO3S. The standard InChI is InChI=1S/C16H12Cl2NO3S/c1-10-6-11-7-16(22-2)14(18)9-15(11)19(10)23(20,21)13-5-3-4-12(17)8-13/h3-5,7-9H,1-2H3. The third-order valence-electron chi connectivity index (χ3n) is 3.44. The first-order valence-corrected chi connectivity index (χ1v) is 8.83. The predicted molar refractivity (Wildman–Crippen MR) is 91.1 cm³/mol. The van der Waals surface area contributed by atoms with Crippen LogP contribution in [0, 0.1) is 13.0 Å². The maximum atomic E-state index is 13.0. The van der Waals surface area contributed by atoms with Crippen LogP contribution in [0.5, 0.6) is 5.75 Å². The fourth-order valence-corrected chi connectivity index (χ4v) is 4.48. The number of aryl methyl sites for hydroxylation is 1. The van der Waals surface area contributed by atoms with E-state index in [-0.39, 0.29) is 4.90 Å². The zero-order chi connectivity index (χ0) is 16.8. The van der Waals surface area contributed by atoms with Crippen molar-refractivity contribution in [3.05, 3.63) is 58.2 Å². The van der Waals surface area contributed by atoms with Gasteiger partial charge in [-0.2, -0.15) is 0 Å². The summed E-state index contributed by atoms with van der Waals surface area (Å²) < 4.78 is 32.3. The molecule has 0 spiro atoms. The van der Waals surface area contributed by atoms with E-state index in [1.54, 1.807) is 31.2 Å². The Hall–Kier alpha value is -1.69. The van der Waals surface area contributed by atoms with Crippen LogP contribution in [0.1, 0.15) is 5.69 Å². The van der Waals surface area contributed by atoms with Gasteiger partial charge in [-0.25, -0.2) is 12.4 Å². The number of halogens is 2. The van der Waals surface area contributed by atoms with Gasteiger partial charge in [0.15, 0.2) is 0 Å². The van der Waals surface area contributed by atoms with Gasteiger partial charge in [-0.05, 0) is 37.3 Å². The van der Waals surface area contributed by atoms with Crippen LogP contribution in [-0.4, -0.2) is 19.5 Å². The Morgan fingerprint density at radius 2 is 1.91 bits per heavy atom. The second kappa shape index (κ2) is 5.74. The molecule has 0 amide bonds. The van der Waals surface area contributed by atoms with Crippen molar-refractivity contribution in [1.82, 2.24) is 3.97 Å². The van der Waals surface area contributed by atoms with E-state index >= 15 is 0 Å². The summed E-state index contributed by atoms with van der Waals surface area (Å²) in [5, 5.41) is 1.28. The molecule has 1 aromatic heterocycles. The van der Waals surface area contributed by atoms with Gasteiger partial charge in [0.05, 0.1) is 22.5 Å². The normalized spacial score (nSPS) is 11.8. The Labute approximate surface area is 144 Å². The molecule has 0 saturated heterocycles. The van der Waals surface area contributed by atoms with Crippen molar-refractivity contribution in [3.63, 3.8) is 0 Å². The Morgan fingerprint density at radius 3 is 2.57 bits per heavy atom. The molecule has 0 atom stereocenters. The first-order chi connectivity index (χ1) is 10.8. The van der Waals surface area contributed by atoms with Crippen LogP contribution in [0.15, 0.2) is 41.3 Å². The third-order valence-corrected chi connectivity index (χ3v) is 5.77. The molecule has 2 aromatic carbocycles. The molecule has 0 aliphatic rings. The SMILES string of the molecule is COc1cc2[c]c(C)n(S(=O)(=O)c3cccc(Cl)c3)c2cc1Cl. The number of benzene rings is 2. The van der Waals surface area contributed by atoms with Gasteiger partial charge >= 0.3 is 0 Å². The zero-order valence-corrected chi connectivity index (χ0v) is 14.6. The van der Waals surface area contributed by atoms with Gasteiger partial charge in [0, 0.05) is 22.2 Å². The molecule has 0 saturated carbocycles. The fourth-order valence-electron chi connectivity index (χ4n) is 2.44. The van der Waals surface area contributed by atoms with Crippen LogP contribution in [0.4, 0.5) is 0 Å². The molecule has 0 fully saturated rings. The molecule has 0 unspecified atom stereocenters. The number of hydrogen-bond donors (Lipinski definition) is 0. The van der Waals surface area contributed by atoms with E-state index < -0.39 is 10.0 Å². The highest BCUT2D eigenvalue weighted by Gasteiger charge is 2.23. The summed E-state index contributed by atoms with van der Waals surface area (Å²) >= 11 is 12.1. The average Bonchev–Trinajstić information content (AvgIpc) is 2.81. The van der Waals surface area contributed by atoms with Crippen LogP contribution in [0.2, 0.25) is 10.0 Å². The molecule has 0 bridgehead atoms. The number of methoxy groups -OCH3 is 1. The van der Waals surface area contributed by atoms with Gasteiger partial charge in [0.2, 0.25) is 0 Å². The molecule has 0 aliphatic carbocycles.